The highest BCUT2D eigenvalue weighted by Crippen LogP contribution is 2.40. The molecule has 9 nitrogen and oxygen atoms in total. The average molecular weight is 522 g/mol. The second kappa shape index (κ2) is 10.1. The van der Waals surface area contributed by atoms with Gasteiger partial charge in [0.15, 0.2) is 23.0 Å². The van der Waals surface area contributed by atoms with Crippen LogP contribution in [0.3, 0.4) is 0 Å². The lowest BCUT2D eigenvalue weighted by atomic mass is 9.98. The minimum Gasteiger partial charge on any atom is -0.493 e. The van der Waals surface area contributed by atoms with Crippen LogP contribution in [0.4, 0.5) is 0 Å². The number of carbonyl (C=O) groups excluding carboxylic acids is 1. The van der Waals surface area contributed by atoms with Crippen LogP contribution in [-0.4, -0.2) is 68.6 Å². The topological polar surface area (TPSA) is 83.6 Å². The van der Waals surface area contributed by atoms with Crippen LogP contribution in [-0.2, 0) is 24.1 Å². The van der Waals surface area contributed by atoms with Gasteiger partial charge in [0.05, 0.1) is 49.0 Å². The van der Waals surface area contributed by atoms with Crippen molar-refractivity contribution in [2.75, 3.05) is 26.9 Å². The van der Waals surface area contributed by atoms with E-state index in [-0.39, 0.29) is 12.0 Å². The Balaban J connectivity index is 1.74. The Kier molecular flexibility index (Phi) is 6.98. The number of nitrogens with zero attached hydrogens (tertiary/aromatic N) is 5. The molecule has 0 atom stereocenters. The number of carbonyl (C=O) groups is 1. The number of fused-ring (bicyclic) bond motifs is 3. The highest BCUT2D eigenvalue weighted by molar-refractivity contribution is 5.95. The predicted octanol–water partition coefficient (Wildman–Crippen LogP) is 4.60. The zero-order chi connectivity index (χ0) is 27.2. The van der Waals surface area contributed by atoms with Crippen LogP contribution >= 0.6 is 0 Å². The first-order valence-corrected chi connectivity index (χ1v) is 13.6. The van der Waals surface area contributed by atoms with Gasteiger partial charge in [-0.25, -0.2) is 4.98 Å². The number of benzene rings is 1. The molecule has 2 aliphatic rings. The molecule has 2 aliphatic heterocycles. The molecule has 38 heavy (non-hydrogen) atoms. The maximum absolute atomic E-state index is 14.1. The first-order valence-electron chi connectivity index (χ1n) is 13.6. The molecule has 9 heteroatoms. The third-order valence-electron chi connectivity index (χ3n) is 7.23. The first-order chi connectivity index (χ1) is 18.1. The van der Waals surface area contributed by atoms with Crippen molar-refractivity contribution < 1.29 is 19.0 Å². The number of hydrogen-bond acceptors (Lipinski definition) is 6. The van der Waals surface area contributed by atoms with E-state index in [2.05, 4.69) is 23.6 Å². The van der Waals surface area contributed by atoms with Gasteiger partial charge in [0.25, 0.3) is 5.91 Å². The molecule has 2 aromatic heterocycles. The lowest BCUT2D eigenvalue weighted by molar-refractivity contribution is -0.0373. The third kappa shape index (κ3) is 4.57. The molecule has 4 heterocycles. The summed E-state index contributed by atoms with van der Waals surface area (Å²) in [7, 11) is 1.67. The Labute approximate surface area is 224 Å². The van der Waals surface area contributed by atoms with E-state index in [1.54, 1.807) is 7.11 Å². The fourth-order valence-corrected chi connectivity index (χ4v) is 5.52. The molecular weight excluding hydrogens is 482 g/mol. The summed E-state index contributed by atoms with van der Waals surface area (Å²) in [5, 5.41) is 4.74. The summed E-state index contributed by atoms with van der Waals surface area (Å²) in [4.78, 5) is 21.1. The molecule has 0 unspecified atom stereocenters. The van der Waals surface area contributed by atoms with Crippen molar-refractivity contribution in [3.05, 3.63) is 40.8 Å². The number of ether oxygens (including phenoxy) is 3. The highest BCUT2D eigenvalue weighted by atomic mass is 16.5. The largest absolute Gasteiger partial charge is 0.493 e. The molecule has 5 rings (SSSR count). The van der Waals surface area contributed by atoms with Gasteiger partial charge in [-0.05, 0) is 71.6 Å². The fourth-order valence-electron chi connectivity index (χ4n) is 5.52. The van der Waals surface area contributed by atoms with E-state index in [1.165, 1.54) is 0 Å². The van der Waals surface area contributed by atoms with Gasteiger partial charge in [-0.2, -0.15) is 5.10 Å². The standard InChI is InChI=1S/C29H39N5O4/c1-8-11-33-23(14-19(4)31-33)27-30-26(28(35)32-12-13-37-17-29(32,5)6)21-10-9-20-15-24(36-7)25(38-18(2)3)16-22(20)34(21)27/h14-16,18H,8-13,17H2,1-7H3. The maximum Gasteiger partial charge on any atom is 0.274 e. The zero-order valence-corrected chi connectivity index (χ0v) is 23.6. The number of aromatic nitrogens is 4. The van der Waals surface area contributed by atoms with E-state index in [0.717, 1.165) is 53.5 Å². The van der Waals surface area contributed by atoms with Crippen LogP contribution in [0.15, 0.2) is 18.2 Å². The lowest BCUT2D eigenvalue weighted by Crippen LogP contribution is -2.55. The fraction of sp³-hybridized carbons (Fsp3) is 0.552. The van der Waals surface area contributed by atoms with Crippen LogP contribution in [0.2, 0.25) is 0 Å². The number of amides is 1. The number of aryl methyl sites for hydroxylation is 3. The van der Waals surface area contributed by atoms with Crippen molar-refractivity contribution >= 4 is 5.91 Å². The quantitative estimate of drug-likeness (QED) is 0.452. The molecule has 0 saturated carbocycles. The first kappa shape index (κ1) is 26.3. The van der Waals surface area contributed by atoms with Gasteiger partial charge in [0, 0.05) is 19.2 Å². The van der Waals surface area contributed by atoms with E-state index in [1.807, 2.05) is 50.3 Å². The Morgan fingerprint density at radius 1 is 1.18 bits per heavy atom. The van der Waals surface area contributed by atoms with E-state index >= 15 is 0 Å². The number of imidazole rings is 1. The van der Waals surface area contributed by atoms with Crippen molar-refractivity contribution in [2.24, 2.45) is 0 Å². The number of methoxy groups -OCH3 is 1. The van der Waals surface area contributed by atoms with Crippen LogP contribution in [0, 0.1) is 6.92 Å². The van der Waals surface area contributed by atoms with E-state index in [4.69, 9.17) is 24.3 Å². The summed E-state index contributed by atoms with van der Waals surface area (Å²) in [6.45, 7) is 14.6. The minimum atomic E-state index is -0.412. The van der Waals surface area contributed by atoms with Crippen molar-refractivity contribution in [1.82, 2.24) is 24.2 Å². The van der Waals surface area contributed by atoms with Gasteiger partial charge < -0.3 is 19.1 Å². The molecule has 1 fully saturated rings. The van der Waals surface area contributed by atoms with Gasteiger partial charge in [-0.1, -0.05) is 6.92 Å². The summed E-state index contributed by atoms with van der Waals surface area (Å²) in [6, 6.07) is 6.14. The molecule has 1 aromatic carbocycles. The summed E-state index contributed by atoms with van der Waals surface area (Å²) in [6.07, 6.45) is 2.40. The van der Waals surface area contributed by atoms with Crippen LogP contribution < -0.4 is 9.47 Å². The summed E-state index contributed by atoms with van der Waals surface area (Å²) in [5.41, 5.74) is 4.93. The summed E-state index contributed by atoms with van der Waals surface area (Å²) < 4.78 is 21.7. The van der Waals surface area contributed by atoms with E-state index < -0.39 is 5.54 Å². The zero-order valence-electron chi connectivity index (χ0n) is 23.6. The summed E-state index contributed by atoms with van der Waals surface area (Å²) >= 11 is 0. The number of rotatable bonds is 7. The van der Waals surface area contributed by atoms with Crippen LogP contribution in [0.25, 0.3) is 17.2 Å². The molecule has 0 bridgehead atoms. The minimum absolute atomic E-state index is 0.0124. The second-order valence-electron chi connectivity index (χ2n) is 11.1. The SMILES string of the molecule is CCCn1nc(C)cc1-c1nc(C(=O)N2CCOCC2(C)C)c2n1-c1cc(OC(C)C)c(OC)cc1CC2. The van der Waals surface area contributed by atoms with Crippen LogP contribution in [0.5, 0.6) is 11.5 Å². The van der Waals surface area contributed by atoms with Crippen molar-refractivity contribution in [1.29, 1.82) is 0 Å². The van der Waals surface area contributed by atoms with Gasteiger partial charge in [0.1, 0.15) is 5.69 Å². The number of morpholine rings is 1. The normalized spacial score (nSPS) is 16.4. The lowest BCUT2D eigenvalue weighted by Gasteiger charge is -2.41. The average Bonchev–Trinajstić information content (AvgIpc) is 3.43. The molecule has 3 aromatic rings. The molecule has 0 N–H and O–H groups in total. The molecule has 0 radical (unpaired) electrons. The van der Waals surface area contributed by atoms with Gasteiger partial charge in [0.2, 0.25) is 0 Å². The molecule has 1 amide bonds. The van der Waals surface area contributed by atoms with Crippen LogP contribution in [0.1, 0.15) is 68.5 Å². The van der Waals surface area contributed by atoms with Gasteiger partial charge in [-0.15, -0.1) is 0 Å². The Morgan fingerprint density at radius 2 is 1.97 bits per heavy atom. The van der Waals surface area contributed by atoms with Crippen molar-refractivity contribution in [2.45, 2.75) is 79.0 Å². The summed E-state index contributed by atoms with van der Waals surface area (Å²) in [5.74, 6) is 2.06. The van der Waals surface area contributed by atoms with E-state index in [9.17, 15) is 4.79 Å². The van der Waals surface area contributed by atoms with Gasteiger partial charge in [-0.3, -0.25) is 14.0 Å². The third-order valence-corrected chi connectivity index (χ3v) is 7.23. The van der Waals surface area contributed by atoms with Crippen molar-refractivity contribution in [3.8, 4) is 28.7 Å². The predicted molar refractivity (Wildman–Crippen MR) is 145 cm³/mol. The maximum atomic E-state index is 14.1. The molecule has 0 spiro atoms. The van der Waals surface area contributed by atoms with E-state index in [0.29, 0.717) is 43.4 Å². The smallest absolute Gasteiger partial charge is 0.274 e. The Morgan fingerprint density at radius 3 is 2.66 bits per heavy atom. The van der Waals surface area contributed by atoms with Crippen molar-refractivity contribution in [3.63, 3.8) is 0 Å². The molecule has 1 saturated heterocycles. The molecule has 204 valence electrons. The molecular formula is C29H39N5O4. The van der Waals surface area contributed by atoms with Gasteiger partial charge >= 0.3 is 0 Å². The number of hydrogen-bond donors (Lipinski definition) is 0. The molecule has 0 aliphatic carbocycles. The highest BCUT2D eigenvalue weighted by Gasteiger charge is 2.39. The second-order valence-corrected chi connectivity index (χ2v) is 11.1. The Bertz CT molecular complexity index is 1350. The monoisotopic (exact) mass is 521 g/mol. The Hall–Kier alpha value is -3.33.